The highest BCUT2D eigenvalue weighted by Gasteiger charge is 2.06. The lowest BCUT2D eigenvalue weighted by Gasteiger charge is -1.98. The van der Waals surface area contributed by atoms with Gasteiger partial charge in [-0.05, 0) is 24.1 Å². The van der Waals surface area contributed by atoms with Crippen LogP contribution in [0.1, 0.15) is 5.56 Å². The van der Waals surface area contributed by atoms with E-state index in [4.69, 9.17) is 0 Å². The average Bonchev–Trinajstić information content (AvgIpc) is 2.98. The van der Waals surface area contributed by atoms with Gasteiger partial charge in [0.25, 0.3) is 0 Å². The van der Waals surface area contributed by atoms with Gasteiger partial charge in [-0.25, -0.2) is 0 Å². The molecular weight excluding hydrogens is 286 g/mol. The van der Waals surface area contributed by atoms with Gasteiger partial charge in [0, 0.05) is 23.7 Å². The Morgan fingerprint density at radius 3 is 2.55 bits per heavy atom. The lowest BCUT2D eigenvalue weighted by Crippen LogP contribution is -1.88. The van der Waals surface area contributed by atoms with E-state index in [0.29, 0.717) is 0 Å². The Balaban J connectivity index is 1.58. The highest BCUT2D eigenvalue weighted by atomic mass is 32.2. The highest BCUT2D eigenvalue weighted by Crippen LogP contribution is 2.29. The molecule has 20 heavy (non-hydrogen) atoms. The fourth-order valence-corrected chi connectivity index (χ4v) is 3.69. The van der Waals surface area contributed by atoms with E-state index in [0.717, 1.165) is 27.1 Å². The van der Waals surface area contributed by atoms with Crippen LogP contribution in [0.5, 0.6) is 0 Å². The van der Waals surface area contributed by atoms with Gasteiger partial charge in [0.2, 0.25) is 0 Å². The van der Waals surface area contributed by atoms with Crippen LogP contribution in [0.3, 0.4) is 0 Å². The van der Waals surface area contributed by atoms with Crippen LogP contribution in [0, 0.1) is 0 Å². The molecule has 0 unspecified atom stereocenters. The summed E-state index contributed by atoms with van der Waals surface area (Å²) in [4.78, 5) is 4.02. The van der Waals surface area contributed by atoms with Crippen molar-refractivity contribution in [2.75, 3.05) is 5.75 Å². The number of aromatic nitrogens is 3. The van der Waals surface area contributed by atoms with E-state index in [9.17, 15) is 0 Å². The van der Waals surface area contributed by atoms with Crippen LogP contribution in [0.4, 0.5) is 0 Å². The van der Waals surface area contributed by atoms with Crippen molar-refractivity contribution in [3.8, 4) is 10.6 Å². The molecular formula is C15H13N3S2. The van der Waals surface area contributed by atoms with Gasteiger partial charge in [0.05, 0.1) is 0 Å². The lowest BCUT2D eigenvalue weighted by atomic mass is 10.2. The minimum absolute atomic E-state index is 0.983. The molecule has 0 aliphatic carbocycles. The predicted octanol–water partition coefficient (Wildman–Crippen LogP) is 3.93. The Hall–Kier alpha value is -1.72. The van der Waals surface area contributed by atoms with Crippen molar-refractivity contribution in [3.63, 3.8) is 0 Å². The number of pyridine rings is 1. The van der Waals surface area contributed by atoms with Crippen molar-refractivity contribution in [1.29, 1.82) is 0 Å². The summed E-state index contributed by atoms with van der Waals surface area (Å²) in [7, 11) is 0. The van der Waals surface area contributed by atoms with Gasteiger partial charge in [-0.1, -0.05) is 53.4 Å². The van der Waals surface area contributed by atoms with Gasteiger partial charge in [0.1, 0.15) is 5.01 Å². The second-order valence-electron chi connectivity index (χ2n) is 4.19. The zero-order valence-electron chi connectivity index (χ0n) is 10.8. The van der Waals surface area contributed by atoms with Gasteiger partial charge in [0.15, 0.2) is 4.34 Å². The van der Waals surface area contributed by atoms with Crippen LogP contribution < -0.4 is 0 Å². The summed E-state index contributed by atoms with van der Waals surface area (Å²) in [6.07, 6.45) is 4.68. The van der Waals surface area contributed by atoms with E-state index >= 15 is 0 Å². The van der Waals surface area contributed by atoms with Gasteiger partial charge in [-0.3, -0.25) is 4.98 Å². The molecule has 1 aromatic carbocycles. The molecule has 0 atom stereocenters. The highest BCUT2D eigenvalue weighted by molar-refractivity contribution is 8.01. The summed E-state index contributed by atoms with van der Waals surface area (Å²) < 4.78 is 1.03. The monoisotopic (exact) mass is 299 g/mol. The van der Waals surface area contributed by atoms with E-state index in [1.165, 1.54) is 5.56 Å². The van der Waals surface area contributed by atoms with Gasteiger partial charge >= 0.3 is 0 Å². The average molecular weight is 299 g/mol. The molecule has 0 aliphatic rings. The van der Waals surface area contributed by atoms with Crippen LogP contribution in [0.15, 0.2) is 59.2 Å². The van der Waals surface area contributed by atoms with Crippen LogP contribution in [-0.4, -0.2) is 20.9 Å². The molecule has 0 amide bonds. The third-order valence-electron chi connectivity index (χ3n) is 2.79. The Morgan fingerprint density at radius 2 is 1.75 bits per heavy atom. The zero-order valence-corrected chi connectivity index (χ0v) is 12.4. The first-order valence-corrected chi connectivity index (χ1v) is 8.13. The van der Waals surface area contributed by atoms with Crippen molar-refractivity contribution >= 4 is 23.1 Å². The molecule has 3 aromatic rings. The number of benzene rings is 1. The van der Waals surface area contributed by atoms with Gasteiger partial charge in [-0.15, -0.1) is 10.2 Å². The van der Waals surface area contributed by atoms with Crippen LogP contribution in [-0.2, 0) is 6.42 Å². The maximum Gasteiger partial charge on any atom is 0.174 e. The van der Waals surface area contributed by atoms with Crippen LogP contribution in [0.25, 0.3) is 10.6 Å². The molecule has 0 aliphatic heterocycles. The number of rotatable bonds is 5. The third-order valence-corrected chi connectivity index (χ3v) is 4.90. The lowest BCUT2D eigenvalue weighted by molar-refractivity contribution is 1.01. The molecule has 100 valence electrons. The zero-order chi connectivity index (χ0) is 13.6. The van der Waals surface area contributed by atoms with Gasteiger partial charge < -0.3 is 0 Å². The Labute approximate surface area is 126 Å². The number of nitrogens with zero attached hydrogens (tertiary/aromatic N) is 3. The summed E-state index contributed by atoms with van der Waals surface area (Å²) in [5, 5.41) is 9.48. The first-order valence-electron chi connectivity index (χ1n) is 6.32. The van der Waals surface area contributed by atoms with E-state index in [1.807, 2.05) is 30.6 Å². The second kappa shape index (κ2) is 6.63. The molecule has 2 aromatic heterocycles. The molecule has 0 saturated carbocycles. The smallest absolute Gasteiger partial charge is 0.174 e. The van der Waals surface area contributed by atoms with Crippen molar-refractivity contribution < 1.29 is 0 Å². The molecule has 0 saturated heterocycles. The molecule has 0 bridgehead atoms. The number of hydrogen-bond donors (Lipinski definition) is 0. The van der Waals surface area contributed by atoms with E-state index in [2.05, 4.69) is 39.4 Å². The van der Waals surface area contributed by atoms with Crippen molar-refractivity contribution in [1.82, 2.24) is 15.2 Å². The molecule has 3 nitrogen and oxygen atoms in total. The molecule has 0 spiro atoms. The van der Waals surface area contributed by atoms with E-state index < -0.39 is 0 Å². The fourth-order valence-electron chi connectivity index (χ4n) is 1.77. The quantitative estimate of drug-likeness (QED) is 0.669. The normalized spacial score (nSPS) is 10.6. The second-order valence-corrected chi connectivity index (χ2v) is 6.51. The first-order chi connectivity index (χ1) is 9.92. The molecule has 3 rings (SSSR count). The van der Waals surface area contributed by atoms with Gasteiger partial charge in [-0.2, -0.15) is 0 Å². The van der Waals surface area contributed by atoms with Crippen molar-refractivity contribution in [3.05, 3.63) is 60.4 Å². The molecule has 0 N–H and O–H groups in total. The minimum atomic E-state index is 0.983. The Morgan fingerprint density at radius 1 is 0.950 bits per heavy atom. The number of hydrogen-bond acceptors (Lipinski definition) is 5. The SMILES string of the molecule is c1ccc(-c2nnc(SCCc3ccncc3)s2)cc1. The standard InChI is InChI=1S/C15H13N3S2/c1-2-4-13(5-3-1)14-17-18-15(20-14)19-11-8-12-6-9-16-10-7-12/h1-7,9-10H,8,11H2. The summed E-state index contributed by atoms with van der Waals surface area (Å²) >= 11 is 3.40. The largest absolute Gasteiger partial charge is 0.265 e. The topological polar surface area (TPSA) is 38.7 Å². The summed E-state index contributed by atoms with van der Waals surface area (Å²) in [5.74, 6) is 1.01. The summed E-state index contributed by atoms with van der Waals surface area (Å²) in [5.41, 5.74) is 2.44. The Kier molecular flexibility index (Phi) is 4.40. The van der Waals surface area contributed by atoms with E-state index in [1.54, 1.807) is 23.1 Å². The summed E-state index contributed by atoms with van der Waals surface area (Å²) in [6, 6.07) is 14.3. The van der Waals surface area contributed by atoms with Crippen molar-refractivity contribution in [2.24, 2.45) is 0 Å². The molecule has 5 heteroatoms. The fraction of sp³-hybridized carbons (Fsp3) is 0.133. The van der Waals surface area contributed by atoms with Crippen LogP contribution in [0.2, 0.25) is 0 Å². The first kappa shape index (κ1) is 13.3. The Bertz CT molecular complexity index is 653. The van der Waals surface area contributed by atoms with Crippen LogP contribution >= 0.6 is 23.1 Å². The maximum absolute atomic E-state index is 4.25. The third kappa shape index (κ3) is 3.43. The predicted molar refractivity (Wildman–Crippen MR) is 84.0 cm³/mol. The molecule has 0 radical (unpaired) electrons. The number of thioether (sulfide) groups is 1. The summed E-state index contributed by atoms with van der Waals surface area (Å²) in [6.45, 7) is 0. The van der Waals surface area contributed by atoms with Crippen molar-refractivity contribution in [2.45, 2.75) is 10.8 Å². The minimum Gasteiger partial charge on any atom is -0.265 e. The van der Waals surface area contributed by atoms with E-state index in [-0.39, 0.29) is 0 Å². The molecule has 0 fully saturated rings. The number of aryl methyl sites for hydroxylation is 1. The molecule has 2 heterocycles. The maximum atomic E-state index is 4.25.